The molecule has 12 nitrogen and oxygen atoms in total. The quantitative estimate of drug-likeness (QED) is 0.0533. The van der Waals surface area contributed by atoms with Crippen LogP contribution in [0.2, 0.25) is 0 Å². The van der Waals surface area contributed by atoms with Crippen LogP contribution in [0, 0.1) is 0 Å². The fraction of sp³-hybridized carbons (Fsp3) is 0.385. The molecule has 5 rings (SSSR count). The highest BCUT2D eigenvalue weighted by molar-refractivity contribution is 6.18. The third-order valence-corrected chi connectivity index (χ3v) is 9.58. The zero-order valence-corrected chi connectivity index (χ0v) is 32.4. The number of halogens is 2. The van der Waals surface area contributed by atoms with Gasteiger partial charge in [0.15, 0.2) is 5.82 Å². The summed E-state index contributed by atoms with van der Waals surface area (Å²) in [5.74, 6) is 1.13. The van der Waals surface area contributed by atoms with Crippen molar-refractivity contribution in [3.05, 3.63) is 71.9 Å². The van der Waals surface area contributed by atoms with Gasteiger partial charge in [-0.25, -0.2) is 4.57 Å². The maximum Gasteiger partial charge on any atom is 0.319 e. The Morgan fingerprint density at radius 2 is 1.68 bits per heavy atom. The molecule has 0 atom stereocenters. The number of aromatic nitrogens is 4. The van der Waals surface area contributed by atoms with Crippen LogP contribution < -0.4 is 9.80 Å². The molecule has 0 aliphatic rings. The number of rotatable bonds is 17. The van der Waals surface area contributed by atoms with E-state index in [9.17, 15) is 20.1 Å². The summed E-state index contributed by atoms with van der Waals surface area (Å²) in [4.78, 5) is 23.6. The Hall–Kier alpha value is -4.94. The number of nitrogens with zero attached hydrogens (tertiary/aromatic N) is 8. The molecule has 5 aromatic rings. The second-order valence-electron chi connectivity index (χ2n) is 13.5. The van der Waals surface area contributed by atoms with Crippen LogP contribution >= 0.6 is 23.2 Å². The third-order valence-electron chi connectivity index (χ3n) is 9.24. The highest BCUT2D eigenvalue weighted by Crippen LogP contribution is 2.39. The van der Waals surface area contributed by atoms with Gasteiger partial charge in [0, 0.05) is 118 Å². The first-order chi connectivity index (χ1) is 25.4. The highest BCUT2D eigenvalue weighted by Gasteiger charge is 2.21. The van der Waals surface area contributed by atoms with Crippen LogP contribution in [0.4, 0.5) is 11.4 Å². The summed E-state index contributed by atoms with van der Waals surface area (Å²) in [7, 11) is 5.82. The smallest absolute Gasteiger partial charge is 0.319 e. The molecular weight excluding hydrogens is 715 g/mol. The number of likely N-dealkylation sites (N-methyl/N-ethyl adjacent to an activating group) is 1. The summed E-state index contributed by atoms with van der Waals surface area (Å²) >= 11 is 12.1. The number of phenolic OH excluding ortho intramolecular Hbond substituents is 2. The predicted molar refractivity (Wildman–Crippen MR) is 215 cm³/mol. The number of carbonyl (C=O) groups excluding carboxylic acids is 1. The standard InChI is InChI=1S/C39H48Cl2N8O4/c1-26(2)31-23-32(36(51)24-35(31)50)38-43-44-39(53)49(38)30-9-11-34-27(21-30)12-16-48(34)20-19-46(5)37(52)7-6-15-42-25-28-22-29(8-10-33(28)45(3)4)47(17-13-40)18-14-41/h8-12,16,21-26,50-51H,6-7,13-15,17-20H2,1-5H3,(H,44,53)/b42-25+. The molecule has 3 N–H and O–H groups in total. The van der Waals surface area contributed by atoms with Crippen LogP contribution in [-0.2, 0) is 11.3 Å². The number of amides is 1. The highest BCUT2D eigenvalue weighted by atomic mass is 35.5. The van der Waals surface area contributed by atoms with Crippen LogP contribution in [0.3, 0.4) is 0 Å². The lowest BCUT2D eigenvalue weighted by molar-refractivity contribution is -0.130. The Morgan fingerprint density at radius 1 is 0.925 bits per heavy atom. The van der Waals surface area contributed by atoms with E-state index in [2.05, 4.69) is 47.8 Å². The number of aromatic hydroxyl groups is 3. The van der Waals surface area contributed by atoms with Gasteiger partial charge in [0.2, 0.25) is 5.91 Å². The molecule has 0 aliphatic carbocycles. The zero-order valence-electron chi connectivity index (χ0n) is 30.9. The number of fused-ring (bicyclic) bond motifs is 1. The average molecular weight is 764 g/mol. The van der Waals surface area contributed by atoms with Crippen molar-refractivity contribution in [2.45, 2.75) is 39.2 Å². The number of hydrogen-bond donors (Lipinski definition) is 3. The minimum absolute atomic E-state index is 0.00386. The molecule has 2 heterocycles. The number of aliphatic imine (C=N–C) groups is 1. The van der Waals surface area contributed by atoms with Crippen LogP contribution in [0.25, 0.3) is 28.0 Å². The van der Waals surface area contributed by atoms with E-state index in [0.29, 0.717) is 74.1 Å². The molecule has 0 unspecified atom stereocenters. The maximum atomic E-state index is 13.0. The van der Waals surface area contributed by atoms with Crippen LogP contribution in [0.5, 0.6) is 17.5 Å². The lowest BCUT2D eigenvalue weighted by atomic mass is 9.98. The van der Waals surface area contributed by atoms with Gasteiger partial charge in [0.25, 0.3) is 0 Å². The summed E-state index contributed by atoms with van der Waals surface area (Å²) < 4.78 is 3.54. The fourth-order valence-electron chi connectivity index (χ4n) is 6.33. The Bertz CT molecular complexity index is 2050. The van der Waals surface area contributed by atoms with Gasteiger partial charge >= 0.3 is 6.01 Å². The average Bonchev–Trinajstić information content (AvgIpc) is 3.72. The first-order valence-corrected chi connectivity index (χ1v) is 18.7. The fourth-order valence-corrected chi connectivity index (χ4v) is 6.73. The van der Waals surface area contributed by atoms with Gasteiger partial charge < -0.3 is 34.6 Å². The van der Waals surface area contributed by atoms with Gasteiger partial charge in [-0.2, -0.15) is 0 Å². The van der Waals surface area contributed by atoms with Crippen LogP contribution in [0.1, 0.15) is 43.7 Å². The van der Waals surface area contributed by atoms with E-state index in [1.807, 2.05) is 71.7 Å². The Labute approximate surface area is 320 Å². The molecule has 0 aliphatic heterocycles. The van der Waals surface area contributed by atoms with Crippen LogP contribution in [-0.4, -0.2) is 111 Å². The predicted octanol–water partition coefficient (Wildman–Crippen LogP) is 6.84. The minimum atomic E-state index is -0.330. The summed E-state index contributed by atoms with van der Waals surface area (Å²) in [6.07, 6.45) is 4.87. The van der Waals surface area contributed by atoms with Gasteiger partial charge in [-0.1, -0.05) is 18.9 Å². The van der Waals surface area contributed by atoms with Gasteiger partial charge in [-0.3, -0.25) is 9.79 Å². The number of anilines is 2. The van der Waals surface area contributed by atoms with Crippen molar-refractivity contribution < 1.29 is 20.1 Å². The van der Waals surface area contributed by atoms with E-state index in [-0.39, 0.29) is 35.2 Å². The number of benzene rings is 3. The van der Waals surface area contributed by atoms with Gasteiger partial charge in [0.05, 0.1) is 11.3 Å². The SMILES string of the molecule is CC(C)c1cc(-c2nnc(O)n2-c2ccc3c(ccn3CCN(C)C(=O)CCC/N=C/c3cc(N(CCCl)CCCl)ccc3N(C)C)c2)c(O)cc1O. The molecule has 282 valence electrons. The Balaban J connectivity index is 1.19. The second kappa shape index (κ2) is 17.7. The van der Waals surface area contributed by atoms with E-state index in [1.54, 1.807) is 11.0 Å². The van der Waals surface area contributed by atoms with Crippen molar-refractivity contribution in [2.24, 2.45) is 4.99 Å². The van der Waals surface area contributed by atoms with E-state index in [4.69, 9.17) is 23.2 Å². The van der Waals surface area contributed by atoms with Gasteiger partial charge in [-0.05, 0) is 66.4 Å². The Kier molecular flexibility index (Phi) is 13.1. The molecule has 0 spiro atoms. The molecule has 0 fully saturated rings. The topological polar surface area (TPSA) is 135 Å². The van der Waals surface area contributed by atoms with Gasteiger partial charge in [0.1, 0.15) is 11.5 Å². The van der Waals surface area contributed by atoms with Crippen molar-refractivity contribution in [2.75, 3.05) is 68.9 Å². The summed E-state index contributed by atoms with van der Waals surface area (Å²) in [5, 5.41) is 40.6. The summed E-state index contributed by atoms with van der Waals surface area (Å²) in [5.41, 5.74) is 5.63. The molecule has 0 radical (unpaired) electrons. The summed E-state index contributed by atoms with van der Waals surface area (Å²) in [6, 6.07) is 16.5. The number of alkyl halides is 2. The number of hydrogen-bond acceptors (Lipinski definition) is 9. The molecule has 1 amide bonds. The van der Waals surface area contributed by atoms with Crippen LogP contribution in [0.15, 0.2) is 65.8 Å². The number of phenols is 2. The van der Waals surface area contributed by atoms with E-state index in [1.165, 1.54) is 10.6 Å². The van der Waals surface area contributed by atoms with E-state index < -0.39 is 0 Å². The van der Waals surface area contributed by atoms with Crippen molar-refractivity contribution in [1.29, 1.82) is 0 Å². The van der Waals surface area contributed by atoms with Crippen molar-refractivity contribution in [3.63, 3.8) is 0 Å². The van der Waals surface area contributed by atoms with Crippen molar-refractivity contribution >= 4 is 57.6 Å². The van der Waals surface area contributed by atoms with E-state index in [0.717, 1.165) is 27.8 Å². The monoisotopic (exact) mass is 762 g/mol. The Morgan fingerprint density at radius 3 is 2.38 bits per heavy atom. The first kappa shape index (κ1) is 39.3. The minimum Gasteiger partial charge on any atom is -0.508 e. The van der Waals surface area contributed by atoms with E-state index >= 15 is 0 Å². The maximum absolute atomic E-state index is 13.0. The normalized spacial score (nSPS) is 11.6. The lowest BCUT2D eigenvalue weighted by Crippen LogP contribution is -2.29. The van der Waals surface area contributed by atoms with Gasteiger partial charge in [-0.15, -0.1) is 28.3 Å². The second-order valence-corrected chi connectivity index (χ2v) is 14.2. The lowest BCUT2D eigenvalue weighted by Gasteiger charge is -2.25. The summed E-state index contributed by atoms with van der Waals surface area (Å²) in [6.45, 7) is 6.94. The van der Waals surface area contributed by atoms with Crippen molar-refractivity contribution in [3.8, 4) is 34.6 Å². The molecular formula is C39H48Cl2N8O4. The molecule has 0 saturated carbocycles. The molecule has 0 bridgehead atoms. The molecule has 3 aromatic carbocycles. The third kappa shape index (κ3) is 9.17. The number of carbonyl (C=O) groups is 1. The largest absolute Gasteiger partial charge is 0.508 e. The van der Waals surface area contributed by atoms with Crippen molar-refractivity contribution in [1.82, 2.24) is 24.2 Å². The zero-order chi connectivity index (χ0) is 38.2. The molecule has 53 heavy (non-hydrogen) atoms. The first-order valence-electron chi connectivity index (χ1n) is 17.6. The molecule has 0 saturated heterocycles. The molecule has 2 aromatic heterocycles. The molecule has 14 heteroatoms.